The van der Waals surface area contributed by atoms with Crippen molar-refractivity contribution in [3.05, 3.63) is 29.1 Å². The average molecular weight is 301 g/mol. The Morgan fingerprint density at radius 1 is 1.40 bits per heavy atom. The molecule has 1 fully saturated rings. The quantitative estimate of drug-likeness (QED) is 0.758. The first-order valence-electron chi connectivity index (χ1n) is 6.83. The van der Waals surface area contributed by atoms with Gasteiger partial charge in [-0.25, -0.2) is 17.5 Å². The van der Waals surface area contributed by atoms with E-state index in [9.17, 15) is 12.8 Å². The molecule has 0 saturated heterocycles. The predicted octanol–water partition coefficient (Wildman–Crippen LogP) is 2.09. The van der Waals surface area contributed by atoms with E-state index in [2.05, 4.69) is 4.72 Å². The van der Waals surface area contributed by atoms with Crippen LogP contribution in [0.15, 0.2) is 17.0 Å². The zero-order valence-corrected chi connectivity index (χ0v) is 12.3. The molecular formula is C14H20FNO3S. The SMILES string of the molecule is Cc1c(F)cc(CO)cc1S(=O)(=O)NCCCC1CC1. The van der Waals surface area contributed by atoms with Gasteiger partial charge in [-0.1, -0.05) is 12.8 Å². The lowest BCUT2D eigenvalue weighted by atomic mass is 10.1. The Morgan fingerprint density at radius 2 is 2.10 bits per heavy atom. The normalized spacial score (nSPS) is 15.6. The molecule has 2 N–H and O–H groups in total. The van der Waals surface area contributed by atoms with Gasteiger partial charge in [0.15, 0.2) is 0 Å². The summed E-state index contributed by atoms with van der Waals surface area (Å²) < 4.78 is 40.5. The highest BCUT2D eigenvalue weighted by molar-refractivity contribution is 7.89. The van der Waals surface area contributed by atoms with Gasteiger partial charge in [-0.2, -0.15) is 0 Å². The van der Waals surface area contributed by atoms with E-state index >= 15 is 0 Å². The van der Waals surface area contributed by atoms with E-state index in [1.54, 1.807) is 0 Å². The van der Waals surface area contributed by atoms with Gasteiger partial charge in [-0.15, -0.1) is 0 Å². The van der Waals surface area contributed by atoms with Crippen LogP contribution in [0, 0.1) is 18.7 Å². The monoisotopic (exact) mass is 301 g/mol. The Kier molecular flexibility index (Phi) is 4.78. The van der Waals surface area contributed by atoms with Crippen molar-refractivity contribution >= 4 is 10.0 Å². The standard InChI is InChI=1S/C14H20FNO3S/c1-10-13(15)7-12(9-17)8-14(10)20(18,19)16-6-2-3-11-4-5-11/h7-8,11,16-17H,2-6,9H2,1H3. The van der Waals surface area contributed by atoms with Crippen LogP contribution in [0.1, 0.15) is 36.8 Å². The molecule has 0 heterocycles. The van der Waals surface area contributed by atoms with E-state index in [-0.39, 0.29) is 22.6 Å². The lowest BCUT2D eigenvalue weighted by Gasteiger charge is -2.11. The van der Waals surface area contributed by atoms with E-state index in [0.717, 1.165) is 24.8 Å². The van der Waals surface area contributed by atoms with Crippen LogP contribution >= 0.6 is 0 Å². The molecule has 20 heavy (non-hydrogen) atoms. The molecule has 0 radical (unpaired) electrons. The first-order chi connectivity index (χ1) is 9.44. The van der Waals surface area contributed by atoms with Crippen molar-refractivity contribution in [2.75, 3.05) is 6.54 Å². The van der Waals surface area contributed by atoms with Gasteiger partial charge in [0, 0.05) is 12.1 Å². The van der Waals surface area contributed by atoms with Crippen molar-refractivity contribution < 1.29 is 17.9 Å². The minimum Gasteiger partial charge on any atom is -0.392 e. The lowest BCUT2D eigenvalue weighted by molar-refractivity contribution is 0.281. The molecule has 1 aromatic rings. The zero-order valence-electron chi connectivity index (χ0n) is 11.5. The summed E-state index contributed by atoms with van der Waals surface area (Å²) in [5.41, 5.74) is 0.336. The highest BCUT2D eigenvalue weighted by Crippen LogP contribution is 2.33. The van der Waals surface area contributed by atoms with Crippen LogP contribution in [0.4, 0.5) is 4.39 Å². The Balaban J connectivity index is 2.08. The maximum absolute atomic E-state index is 13.7. The second kappa shape index (κ2) is 6.20. The summed E-state index contributed by atoms with van der Waals surface area (Å²) in [7, 11) is -3.72. The summed E-state index contributed by atoms with van der Waals surface area (Å²) in [5, 5.41) is 9.04. The van der Waals surface area contributed by atoms with Crippen LogP contribution in [-0.4, -0.2) is 20.1 Å². The number of hydrogen-bond acceptors (Lipinski definition) is 3. The van der Waals surface area contributed by atoms with Crippen LogP contribution in [0.25, 0.3) is 0 Å². The van der Waals surface area contributed by atoms with Crippen LogP contribution in [0.2, 0.25) is 0 Å². The maximum Gasteiger partial charge on any atom is 0.240 e. The van der Waals surface area contributed by atoms with Gasteiger partial charge in [-0.05, 0) is 43.4 Å². The summed E-state index contributed by atoms with van der Waals surface area (Å²) in [6.45, 7) is 1.40. The molecular weight excluding hydrogens is 281 g/mol. The third-order valence-electron chi connectivity index (χ3n) is 3.61. The molecule has 0 unspecified atom stereocenters. The number of aliphatic hydroxyl groups excluding tert-OH is 1. The van der Waals surface area contributed by atoms with Crippen molar-refractivity contribution in [1.82, 2.24) is 4.72 Å². The molecule has 0 spiro atoms. The third-order valence-corrected chi connectivity index (χ3v) is 5.19. The molecule has 112 valence electrons. The molecule has 1 aliphatic carbocycles. The highest BCUT2D eigenvalue weighted by Gasteiger charge is 2.22. The molecule has 0 amide bonds. The van der Waals surface area contributed by atoms with E-state index in [1.807, 2.05) is 0 Å². The Labute approximate surface area is 119 Å². The minimum atomic E-state index is -3.72. The number of halogens is 1. The third kappa shape index (κ3) is 3.77. The zero-order chi connectivity index (χ0) is 14.8. The molecule has 0 atom stereocenters. The van der Waals surface area contributed by atoms with Crippen molar-refractivity contribution in [3.8, 4) is 0 Å². The molecule has 0 aliphatic heterocycles. The molecule has 4 nitrogen and oxygen atoms in total. The Morgan fingerprint density at radius 3 is 2.70 bits per heavy atom. The number of sulfonamides is 1. The fourth-order valence-corrected chi connectivity index (χ4v) is 3.53. The fourth-order valence-electron chi connectivity index (χ4n) is 2.16. The number of aliphatic hydroxyl groups is 1. The van der Waals surface area contributed by atoms with Crippen molar-refractivity contribution in [2.45, 2.75) is 44.1 Å². The first kappa shape index (κ1) is 15.4. The van der Waals surface area contributed by atoms with Crippen LogP contribution < -0.4 is 4.72 Å². The number of nitrogens with one attached hydrogen (secondary N) is 1. The largest absolute Gasteiger partial charge is 0.392 e. The predicted molar refractivity (Wildman–Crippen MR) is 74.2 cm³/mol. The summed E-state index contributed by atoms with van der Waals surface area (Å²) >= 11 is 0. The van der Waals surface area contributed by atoms with Gasteiger partial charge in [0.1, 0.15) is 5.82 Å². The van der Waals surface area contributed by atoms with E-state index < -0.39 is 15.8 Å². The van der Waals surface area contributed by atoms with Crippen LogP contribution in [0.3, 0.4) is 0 Å². The molecule has 0 bridgehead atoms. The van der Waals surface area contributed by atoms with Gasteiger partial charge in [-0.3, -0.25) is 0 Å². The summed E-state index contributed by atoms with van der Waals surface area (Å²) in [4.78, 5) is -0.0898. The highest BCUT2D eigenvalue weighted by atomic mass is 32.2. The van der Waals surface area contributed by atoms with Crippen molar-refractivity contribution in [3.63, 3.8) is 0 Å². The molecule has 6 heteroatoms. The second-order valence-corrected chi connectivity index (χ2v) is 7.08. The van der Waals surface area contributed by atoms with Gasteiger partial charge in [0.2, 0.25) is 10.0 Å². The van der Waals surface area contributed by atoms with E-state index in [4.69, 9.17) is 5.11 Å². The Hall–Kier alpha value is -0.980. The number of rotatable bonds is 7. The lowest BCUT2D eigenvalue weighted by Crippen LogP contribution is -2.26. The maximum atomic E-state index is 13.7. The summed E-state index contributed by atoms with van der Waals surface area (Å²) in [6, 6.07) is 2.48. The summed E-state index contributed by atoms with van der Waals surface area (Å²) in [6.07, 6.45) is 4.32. The van der Waals surface area contributed by atoms with Gasteiger partial charge in [0.05, 0.1) is 11.5 Å². The smallest absolute Gasteiger partial charge is 0.240 e. The average Bonchev–Trinajstić information content (AvgIpc) is 3.21. The molecule has 0 aromatic heterocycles. The van der Waals surface area contributed by atoms with Gasteiger partial charge in [0.25, 0.3) is 0 Å². The van der Waals surface area contributed by atoms with Crippen LogP contribution in [0.5, 0.6) is 0 Å². The Bertz CT molecular complexity index is 582. The molecule has 1 saturated carbocycles. The number of benzene rings is 1. The van der Waals surface area contributed by atoms with E-state index in [1.165, 1.54) is 25.8 Å². The van der Waals surface area contributed by atoms with Gasteiger partial charge < -0.3 is 5.11 Å². The van der Waals surface area contributed by atoms with Crippen molar-refractivity contribution in [1.29, 1.82) is 0 Å². The topological polar surface area (TPSA) is 66.4 Å². The molecule has 1 aromatic carbocycles. The minimum absolute atomic E-state index is 0.0805. The summed E-state index contributed by atoms with van der Waals surface area (Å²) in [5.74, 6) is 0.145. The first-order valence-corrected chi connectivity index (χ1v) is 8.32. The van der Waals surface area contributed by atoms with Crippen molar-refractivity contribution in [2.24, 2.45) is 5.92 Å². The second-order valence-electron chi connectivity index (χ2n) is 5.34. The number of hydrogen-bond donors (Lipinski definition) is 2. The van der Waals surface area contributed by atoms with Crippen LogP contribution in [-0.2, 0) is 16.6 Å². The molecule has 1 aliphatic rings. The van der Waals surface area contributed by atoms with E-state index in [0.29, 0.717) is 6.54 Å². The van der Waals surface area contributed by atoms with Gasteiger partial charge >= 0.3 is 0 Å². The fraction of sp³-hybridized carbons (Fsp3) is 0.571. The molecule has 2 rings (SSSR count).